The lowest BCUT2D eigenvalue weighted by molar-refractivity contribution is -0.314. The Morgan fingerprint density at radius 3 is 2.42 bits per heavy atom. The summed E-state index contributed by atoms with van der Waals surface area (Å²) in [7, 11) is 0. The Bertz CT molecular complexity index is 962. The van der Waals surface area contributed by atoms with Gasteiger partial charge in [0.05, 0.1) is 18.8 Å². The number of carboxylic acid groups (broad SMARTS) is 1. The summed E-state index contributed by atoms with van der Waals surface area (Å²) in [5.74, 6) is -2.39. The molecule has 11 nitrogen and oxygen atoms in total. The predicted octanol–water partition coefficient (Wildman–Crippen LogP) is 1.30. The second kappa shape index (κ2) is 13.0. The van der Waals surface area contributed by atoms with Crippen LogP contribution in [0.1, 0.15) is 66.2 Å². The quantitative estimate of drug-likeness (QED) is 0.0963. The monoisotopic (exact) mass is 570 g/mol. The molecule has 3 aliphatic rings. The minimum atomic E-state index is -1.67. The number of ether oxygens (including phenoxy) is 3. The molecule has 0 bridgehead atoms. The van der Waals surface area contributed by atoms with Gasteiger partial charge < -0.3 is 44.8 Å². The normalized spacial score (nSPS) is 39.9. The Morgan fingerprint density at radius 1 is 1.12 bits per heavy atom. The summed E-state index contributed by atoms with van der Waals surface area (Å²) in [6.07, 6.45) is -4.30. The largest absolute Gasteiger partial charge is 0.481 e. The van der Waals surface area contributed by atoms with Crippen LogP contribution in [0.15, 0.2) is 23.8 Å². The van der Waals surface area contributed by atoms with Crippen molar-refractivity contribution in [1.29, 1.82) is 0 Å². The lowest BCUT2D eigenvalue weighted by atomic mass is 9.46. The smallest absolute Gasteiger partial charge is 0.317 e. The number of fused-ring (bicyclic) bond motifs is 1. The summed E-state index contributed by atoms with van der Waals surface area (Å²) in [4.78, 5) is 22.4. The number of carbonyl (C=O) groups excluding carboxylic acids is 1. The van der Waals surface area contributed by atoms with Crippen LogP contribution in [0.2, 0.25) is 0 Å². The second-order valence-electron chi connectivity index (χ2n) is 12.5. The summed E-state index contributed by atoms with van der Waals surface area (Å²) < 4.78 is 16.9. The Hall–Kier alpha value is -1.86. The van der Waals surface area contributed by atoms with Crippen molar-refractivity contribution in [2.45, 2.75) is 109 Å². The fourth-order valence-electron chi connectivity index (χ4n) is 7.05. The molecular formula is C29H46O11. The molecule has 2 saturated carbocycles. The molecule has 0 aromatic carbocycles. The molecule has 0 amide bonds. The topological polar surface area (TPSA) is 183 Å². The van der Waals surface area contributed by atoms with Gasteiger partial charge in [-0.1, -0.05) is 39.0 Å². The lowest BCUT2D eigenvalue weighted by Crippen LogP contribution is -2.61. The third kappa shape index (κ3) is 6.78. The van der Waals surface area contributed by atoms with E-state index >= 15 is 0 Å². The van der Waals surface area contributed by atoms with Crippen molar-refractivity contribution in [2.75, 3.05) is 13.2 Å². The minimum Gasteiger partial charge on any atom is -0.481 e. The van der Waals surface area contributed by atoms with E-state index in [9.17, 15) is 35.1 Å². The third-order valence-electron chi connectivity index (χ3n) is 9.55. The molecule has 0 unspecified atom stereocenters. The summed E-state index contributed by atoms with van der Waals surface area (Å²) in [5, 5.41) is 60.6. The first-order chi connectivity index (χ1) is 18.6. The van der Waals surface area contributed by atoms with E-state index in [4.69, 9.17) is 19.3 Å². The maximum atomic E-state index is 11.7. The van der Waals surface area contributed by atoms with Gasteiger partial charge in [-0.25, -0.2) is 0 Å². The van der Waals surface area contributed by atoms with Crippen LogP contribution in [0, 0.1) is 22.7 Å². The zero-order valence-corrected chi connectivity index (χ0v) is 23.9. The Kier molecular flexibility index (Phi) is 10.6. The van der Waals surface area contributed by atoms with E-state index in [-0.39, 0.29) is 23.9 Å². The second-order valence-corrected chi connectivity index (χ2v) is 12.5. The van der Waals surface area contributed by atoms with Gasteiger partial charge in [-0.15, -0.1) is 0 Å². The zero-order valence-electron chi connectivity index (χ0n) is 23.9. The van der Waals surface area contributed by atoms with Crippen molar-refractivity contribution in [3.05, 3.63) is 23.8 Å². The fourth-order valence-corrected chi connectivity index (χ4v) is 7.05. The van der Waals surface area contributed by atoms with Crippen LogP contribution in [-0.4, -0.2) is 98.7 Å². The summed E-state index contributed by atoms with van der Waals surface area (Å²) in [6, 6.07) is 0. The number of hydrogen-bond donors (Lipinski definition) is 6. The van der Waals surface area contributed by atoms with Gasteiger partial charge >= 0.3 is 11.9 Å². The van der Waals surface area contributed by atoms with Crippen molar-refractivity contribution in [1.82, 2.24) is 0 Å². The zero-order chi connectivity index (χ0) is 30.0. The molecule has 0 spiro atoms. The van der Waals surface area contributed by atoms with Crippen molar-refractivity contribution >= 4 is 11.9 Å². The molecule has 40 heavy (non-hydrogen) atoms. The van der Waals surface area contributed by atoms with E-state index in [0.29, 0.717) is 12.8 Å². The standard InChI is InChI=1S/C29H46O11/c1-15(9-11-30)6-7-17-16(2)18(12-20-28(3,4)21(31)8-10-29(17,20)5)39-27-26(37)25(36)24(35)19(40-27)14-38-23(34)13-22(32)33/h9,17-21,24-27,30-31,35-37H,2,6-8,10-14H2,1,3-5H3,(H,32,33)/b15-9-/t17-,18+,19+,20-,21-,24+,25-,26+,27+,29+/m1/s1. The molecule has 11 heteroatoms. The molecule has 6 N–H and O–H groups in total. The Balaban J connectivity index is 1.83. The number of aliphatic carboxylic acids is 1. The lowest BCUT2D eigenvalue weighted by Gasteiger charge is -2.61. The molecule has 1 aliphatic heterocycles. The number of aliphatic hydroxyl groups excluding tert-OH is 5. The van der Waals surface area contributed by atoms with Crippen LogP contribution in [-0.2, 0) is 23.8 Å². The van der Waals surface area contributed by atoms with Gasteiger partial charge in [0.25, 0.3) is 0 Å². The van der Waals surface area contributed by atoms with Gasteiger partial charge in [0.2, 0.25) is 0 Å². The van der Waals surface area contributed by atoms with Crippen molar-refractivity contribution in [3.8, 4) is 0 Å². The number of carboxylic acids is 1. The van der Waals surface area contributed by atoms with E-state index in [1.807, 2.05) is 20.8 Å². The number of carbonyl (C=O) groups is 2. The first-order valence-electron chi connectivity index (χ1n) is 14.0. The number of rotatable bonds is 10. The highest BCUT2D eigenvalue weighted by molar-refractivity contribution is 5.90. The molecule has 1 saturated heterocycles. The molecule has 1 heterocycles. The van der Waals surface area contributed by atoms with Gasteiger partial charge in [-0.2, -0.15) is 0 Å². The summed E-state index contributed by atoms with van der Waals surface area (Å²) in [6.45, 7) is 12.1. The van der Waals surface area contributed by atoms with Crippen molar-refractivity contribution in [2.24, 2.45) is 22.7 Å². The number of hydrogen-bond acceptors (Lipinski definition) is 10. The first kappa shape index (κ1) is 32.7. The third-order valence-corrected chi connectivity index (χ3v) is 9.55. The molecule has 10 atom stereocenters. The van der Waals surface area contributed by atoms with E-state index in [1.54, 1.807) is 6.08 Å². The molecule has 2 aliphatic carbocycles. The molecule has 3 rings (SSSR count). The number of allylic oxidation sites excluding steroid dienone is 1. The summed E-state index contributed by atoms with van der Waals surface area (Å²) in [5.41, 5.74) is 1.24. The Morgan fingerprint density at radius 2 is 1.80 bits per heavy atom. The van der Waals surface area contributed by atoms with Gasteiger partial charge in [0.1, 0.15) is 37.4 Å². The number of aliphatic hydroxyl groups is 5. The maximum Gasteiger partial charge on any atom is 0.317 e. The van der Waals surface area contributed by atoms with Gasteiger partial charge in [0.15, 0.2) is 6.29 Å². The highest BCUT2D eigenvalue weighted by Crippen LogP contribution is 2.62. The first-order valence-corrected chi connectivity index (χ1v) is 14.0. The van der Waals surface area contributed by atoms with Crippen LogP contribution < -0.4 is 0 Å². The van der Waals surface area contributed by atoms with Crippen LogP contribution in [0.4, 0.5) is 0 Å². The van der Waals surface area contributed by atoms with Crippen LogP contribution in [0.3, 0.4) is 0 Å². The SMILES string of the molecule is C=C1[C@@H](O[C@H]2O[C@@H](COC(=O)CC(=O)O)[C@H](O)[C@@H](O)[C@@H]2O)C[C@@H]2C(C)(C)[C@H](O)CC[C@@]2(C)[C@@H]1CC/C(C)=C\CO. The van der Waals surface area contributed by atoms with Crippen molar-refractivity contribution in [3.63, 3.8) is 0 Å². The molecule has 3 fully saturated rings. The highest BCUT2D eigenvalue weighted by atomic mass is 16.7. The van der Waals surface area contributed by atoms with Crippen LogP contribution in [0.5, 0.6) is 0 Å². The molecule has 0 radical (unpaired) electrons. The average molecular weight is 571 g/mol. The van der Waals surface area contributed by atoms with Gasteiger partial charge in [-0.05, 0) is 67.3 Å². The van der Waals surface area contributed by atoms with Crippen LogP contribution >= 0.6 is 0 Å². The highest BCUT2D eigenvalue weighted by Gasteiger charge is 2.58. The van der Waals surface area contributed by atoms with E-state index in [1.165, 1.54) is 0 Å². The predicted molar refractivity (Wildman–Crippen MR) is 143 cm³/mol. The van der Waals surface area contributed by atoms with Crippen LogP contribution in [0.25, 0.3) is 0 Å². The van der Waals surface area contributed by atoms with E-state index in [0.717, 1.165) is 30.4 Å². The van der Waals surface area contributed by atoms with E-state index in [2.05, 4.69) is 13.5 Å². The molecule has 0 aromatic rings. The molecular weight excluding hydrogens is 524 g/mol. The average Bonchev–Trinajstić information content (AvgIpc) is 2.87. The number of esters is 1. The molecule has 0 aromatic heterocycles. The van der Waals surface area contributed by atoms with Crippen molar-refractivity contribution < 1.29 is 54.4 Å². The Labute approximate surface area is 235 Å². The fraction of sp³-hybridized carbons (Fsp3) is 0.793. The van der Waals surface area contributed by atoms with Gasteiger partial charge in [0, 0.05) is 0 Å². The van der Waals surface area contributed by atoms with Gasteiger partial charge in [-0.3, -0.25) is 9.59 Å². The van der Waals surface area contributed by atoms with E-state index < -0.39 is 73.3 Å². The summed E-state index contributed by atoms with van der Waals surface area (Å²) >= 11 is 0. The maximum absolute atomic E-state index is 11.7. The molecule has 228 valence electrons. The minimum absolute atomic E-state index is 0.00548.